The number of hydrogen-bond donors (Lipinski definition) is 0. The first-order chi connectivity index (χ1) is 2.89. The van der Waals surface area contributed by atoms with Gasteiger partial charge in [-0.2, -0.15) is 0 Å². The molecule has 0 nitrogen and oxygen atoms in total. The van der Waals surface area contributed by atoms with E-state index >= 15 is 0 Å². The molecule has 0 saturated carbocycles. The minimum absolute atomic E-state index is 0.496. The molecule has 6 heavy (non-hydrogen) atoms. The van der Waals surface area contributed by atoms with E-state index in [4.69, 9.17) is 0 Å². The fourth-order valence-electron chi connectivity index (χ4n) is 1.13. The van der Waals surface area contributed by atoms with Crippen molar-refractivity contribution in [1.29, 1.82) is 0 Å². The van der Waals surface area contributed by atoms with E-state index in [2.05, 4.69) is 6.92 Å². The lowest BCUT2D eigenvalue weighted by molar-refractivity contribution is 0.658. The molecule has 0 bridgehead atoms. The second-order valence-corrected chi connectivity index (χ2v) is 4.38. The van der Waals surface area contributed by atoms with Crippen LogP contribution >= 0.6 is 0 Å². The van der Waals surface area contributed by atoms with Gasteiger partial charge in [0.1, 0.15) is 0 Å². The number of rotatable bonds is 0. The van der Waals surface area contributed by atoms with Crippen LogP contribution < -0.4 is 0 Å². The van der Waals surface area contributed by atoms with Crippen LogP contribution in [-0.2, 0) is 0 Å². The Labute approximate surface area is 41.8 Å². The molecule has 1 heteroatoms. The molecular weight excluding hydrogens is 88.1 g/mol. The first-order valence-corrected chi connectivity index (χ1v) is 4.89. The highest BCUT2D eigenvalue weighted by atomic mass is 28.2. The van der Waals surface area contributed by atoms with Gasteiger partial charge in [-0.25, -0.2) is 0 Å². The summed E-state index contributed by atoms with van der Waals surface area (Å²) in [7, 11) is 0.496. The van der Waals surface area contributed by atoms with E-state index in [1.807, 2.05) is 0 Å². The van der Waals surface area contributed by atoms with Crippen LogP contribution in [0.25, 0.3) is 0 Å². The van der Waals surface area contributed by atoms with E-state index in [0.29, 0.717) is 9.52 Å². The summed E-state index contributed by atoms with van der Waals surface area (Å²) in [6, 6.07) is 3.25. The molecule has 0 aromatic heterocycles. The van der Waals surface area contributed by atoms with Crippen molar-refractivity contribution < 1.29 is 0 Å². The van der Waals surface area contributed by atoms with E-state index in [-0.39, 0.29) is 0 Å². The van der Waals surface area contributed by atoms with Gasteiger partial charge < -0.3 is 0 Å². The molecule has 1 atom stereocenters. The van der Waals surface area contributed by atoms with Crippen LogP contribution in [-0.4, -0.2) is 9.52 Å². The number of hydrogen-bond acceptors (Lipinski definition) is 0. The molecule has 1 fully saturated rings. The van der Waals surface area contributed by atoms with Crippen LogP contribution in [0.3, 0.4) is 0 Å². The molecular formula is C5H12Si. The minimum atomic E-state index is 0.496. The maximum atomic E-state index is 2.38. The molecule has 36 valence electrons. The molecule has 0 spiro atoms. The zero-order valence-electron chi connectivity index (χ0n) is 4.41. The molecule has 1 unspecified atom stereocenters. The third-order valence-corrected chi connectivity index (χ3v) is 3.95. The van der Waals surface area contributed by atoms with Crippen LogP contribution in [0.4, 0.5) is 0 Å². The van der Waals surface area contributed by atoms with E-state index in [1.165, 1.54) is 0 Å². The first-order valence-electron chi connectivity index (χ1n) is 2.89. The van der Waals surface area contributed by atoms with Gasteiger partial charge in [-0.1, -0.05) is 25.4 Å². The fourth-order valence-corrected chi connectivity index (χ4v) is 3.39. The van der Waals surface area contributed by atoms with Gasteiger partial charge in [0, 0.05) is 9.52 Å². The minimum Gasteiger partial charge on any atom is -0.0628 e. The summed E-state index contributed by atoms with van der Waals surface area (Å²) in [4.78, 5) is 0. The molecule has 1 rings (SSSR count). The Morgan fingerprint density at radius 1 is 1.67 bits per heavy atom. The van der Waals surface area contributed by atoms with Crippen molar-refractivity contribution in [3.05, 3.63) is 0 Å². The fraction of sp³-hybridized carbons (Fsp3) is 1.00. The summed E-state index contributed by atoms with van der Waals surface area (Å²) in [6.07, 6.45) is 1.55. The highest BCUT2D eigenvalue weighted by molar-refractivity contribution is 6.36. The molecule has 1 heterocycles. The molecule has 1 saturated heterocycles. The summed E-state index contributed by atoms with van der Waals surface area (Å²) in [5.41, 5.74) is 0. The van der Waals surface area contributed by atoms with Crippen molar-refractivity contribution in [1.82, 2.24) is 0 Å². The quantitative estimate of drug-likeness (QED) is 0.399. The van der Waals surface area contributed by atoms with Crippen LogP contribution in [0.1, 0.15) is 13.3 Å². The van der Waals surface area contributed by atoms with Crippen molar-refractivity contribution in [3.8, 4) is 0 Å². The van der Waals surface area contributed by atoms with Crippen molar-refractivity contribution in [2.45, 2.75) is 25.4 Å². The molecule has 0 radical (unpaired) electrons. The highest BCUT2D eigenvalue weighted by Gasteiger charge is 2.07. The van der Waals surface area contributed by atoms with Gasteiger partial charge in [0.05, 0.1) is 0 Å². The largest absolute Gasteiger partial charge is 0.0628 e. The topological polar surface area (TPSA) is 0 Å². The normalized spacial score (nSPS) is 38.5. The zero-order chi connectivity index (χ0) is 4.41. The Balaban J connectivity index is 2.18. The lowest BCUT2D eigenvalue weighted by atomic mass is 10.2. The summed E-state index contributed by atoms with van der Waals surface area (Å²) in [6.45, 7) is 2.38. The van der Waals surface area contributed by atoms with Crippen LogP contribution in [0, 0.1) is 5.92 Å². The molecule has 0 aliphatic carbocycles. The van der Waals surface area contributed by atoms with Gasteiger partial charge in [-0.15, -0.1) is 0 Å². The van der Waals surface area contributed by atoms with Crippen LogP contribution in [0.5, 0.6) is 0 Å². The zero-order valence-corrected chi connectivity index (χ0v) is 5.82. The predicted molar refractivity (Wildman–Crippen MR) is 31.9 cm³/mol. The second kappa shape index (κ2) is 1.78. The summed E-state index contributed by atoms with van der Waals surface area (Å²) in [5.74, 6) is 1.11. The van der Waals surface area contributed by atoms with E-state index < -0.39 is 0 Å². The van der Waals surface area contributed by atoms with E-state index in [1.54, 1.807) is 18.5 Å². The second-order valence-electron chi connectivity index (χ2n) is 2.39. The van der Waals surface area contributed by atoms with Gasteiger partial charge in [0.2, 0.25) is 0 Å². The Morgan fingerprint density at radius 3 is 2.67 bits per heavy atom. The Kier molecular flexibility index (Phi) is 1.30. The third-order valence-electron chi connectivity index (χ3n) is 1.64. The molecule has 0 amide bonds. The van der Waals surface area contributed by atoms with Gasteiger partial charge in [-0.3, -0.25) is 0 Å². The molecule has 1 aliphatic heterocycles. The summed E-state index contributed by atoms with van der Waals surface area (Å²) < 4.78 is 0. The first kappa shape index (κ1) is 4.38. The van der Waals surface area contributed by atoms with E-state index in [0.717, 1.165) is 5.92 Å². The third kappa shape index (κ3) is 0.838. The van der Waals surface area contributed by atoms with E-state index in [9.17, 15) is 0 Å². The van der Waals surface area contributed by atoms with Gasteiger partial charge in [0.15, 0.2) is 0 Å². The standard InChI is InChI=1S/C5H12Si/c1-5-2-3-6-4-5/h5H,2-4,6H2,1H3. The molecule has 0 N–H and O–H groups in total. The summed E-state index contributed by atoms with van der Waals surface area (Å²) in [5, 5.41) is 0. The van der Waals surface area contributed by atoms with Crippen molar-refractivity contribution >= 4 is 9.52 Å². The highest BCUT2D eigenvalue weighted by Crippen LogP contribution is 2.18. The monoisotopic (exact) mass is 100 g/mol. The summed E-state index contributed by atoms with van der Waals surface area (Å²) >= 11 is 0. The smallest absolute Gasteiger partial charge is 0.0200 e. The average molecular weight is 100 g/mol. The Hall–Kier alpha value is 0.217. The molecule has 0 aromatic rings. The van der Waals surface area contributed by atoms with Gasteiger partial charge >= 0.3 is 0 Å². The van der Waals surface area contributed by atoms with Gasteiger partial charge in [0.25, 0.3) is 0 Å². The Morgan fingerprint density at radius 2 is 2.50 bits per heavy atom. The average Bonchev–Trinajstić information content (AvgIpc) is 1.86. The SMILES string of the molecule is CC1CC[SiH2]C1. The van der Waals surface area contributed by atoms with Crippen molar-refractivity contribution in [3.63, 3.8) is 0 Å². The maximum absolute atomic E-state index is 2.38. The van der Waals surface area contributed by atoms with Gasteiger partial charge in [-0.05, 0) is 5.92 Å². The Bertz CT molecular complexity index is 37.2. The van der Waals surface area contributed by atoms with Crippen LogP contribution in [0.15, 0.2) is 0 Å². The van der Waals surface area contributed by atoms with Crippen LogP contribution in [0.2, 0.25) is 12.1 Å². The molecule has 0 aromatic carbocycles. The maximum Gasteiger partial charge on any atom is 0.0200 e. The predicted octanol–water partition coefficient (Wildman–Crippen LogP) is 1.03. The lowest BCUT2D eigenvalue weighted by Gasteiger charge is -1.91. The van der Waals surface area contributed by atoms with Crippen molar-refractivity contribution in [2.24, 2.45) is 5.92 Å². The molecule has 1 aliphatic rings. The van der Waals surface area contributed by atoms with Crippen molar-refractivity contribution in [2.75, 3.05) is 0 Å². The lowest BCUT2D eigenvalue weighted by Crippen LogP contribution is -1.80.